The van der Waals surface area contributed by atoms with E-state index in [-0.39, 0.29) is 30.0 Å². The summed E-state index contributed by atoms with van der Waals surface area (Å²) >= 11 is 1.86. The normalized spacial score (nSPS) is 16.3. The highest BCUT2D eigenvalue weighted by Gasteiger charge is 2.25. The summed E-state index contributed by atoms with van der Waals surface area (Å²) in [7, 11) is 1.82. The molecule has 0 aromatic carbocycles. The monoisotopic (exact) mass is 488 g/mol. The van der Waals surface area contributed by atoms with Gasteiger partial charge in [-0.2, -0.15) is 0 Å². The summed E-state index contributed by atoms with van der Waals surface area (Å²) in [5.74, 6) is 1.86. The van der Waals surface area contributed by atoms with Gasteiger partial charge in [-0.05, 0) is 56.6 Å². The molecule has 2 aromatic rings. The predicted molar refractivity (Wildman–Crippen MR) is 120 cm³/mol. The molecule has 0 saturated carbocycles. The van der Waals surface area contributed by atoms with E-state index in [1.54, 1.807) is 6.26 Å². The van der Waals surface area contributed by atoms with Crippen molar-refractivity contribution in [2.75, 3.05) is 26.7 Å². The van der Waals surface area contributed by atoms with Gasteiger partial charge in [0.1, 0.15) is 5.76 Å². The average molecular weight is 488 g/mol. The van der Waals surface area contributed by atoms with Gasteiger partial charge >= 0.3 is 0 Å². The molecule has 0 amide bonds. The Balaban J connectivity index is 0.00000243. The number of likely N-dealkylation sites (tertiary alicyclic amines) is 1. The highest BCUT2D eigenvalue weighted by atomic mass is 127. The maximum Gasteiger partial charge on any atom is 0.191 e. The van der Waals surface area contributed by atoms with Gasteiger partial charge in [0, 0.05) is 23.3 Å². The van der Waals surface area contributed by atoms with Gasteiger partial charge in [0.15, 0.2) is 5.96 Å². The predicted octanol–water partition coefficient (Wildman–Crippen LogP) is 4.02. The first-order valence-electron chi connectivity index (χ1n) is 9.09. The molecule has 1 unspecified atom stereocenters. The lowest BCUT2D eigenvalue weighted by atomic mass is 10.2. The summed E-state index contributed by atoms with van der Waals surface area (Å²) in [6.07, 6.45) is 5.39. The number of nitrogens with one attached hydrogen (secondary N) is 2. The minimum atomic E-state index is 0. The quantitative estimate of drug-likeness (QED) is 0.351. The first kappa shape index (κ1) is 21.2. The molecule has 0 radical (unpaired) electrons. The molecule has 7 heteroatoms. The van der Waals surface area contributed by atoms with Crippen molar-refractivity contribution >= 4 is 41.3 Å². The topological polar surface area (TPSA) is 52.8 Å². The largest absolute Gasteiger partial charge is 0.468 e. The lowest BCUT2D eigenvalue weighted by Gasteiger charge is -2.26. The molecule has 3 rings (SSSR count). The molecule has 1 aliphatic rings. The second-order valence-corrected chi connectivity index (χ2v) is 7.56. The van der Waals surface area contributed by atoms with E-state index in [9.17, 15) is 0 Å². The number of aryl methyl sites for hydroxylation is 1. The molecular weight excluding hydrogens is 459 g/mol. The molecule has 0 bridgehead atoms. The van der Waals surface area contributed by atoms with Crippen molar-refractivity contribution in [1.82, 2.24) is 15.5 Å². The van der Waals surface area contributed by atoms with Crippen LogP contribution in [0.4, 0.5) is 0 Å². The molecule has 1 fully saturated rings. The molecule has 1 aliphatic heterocycles. The minimum absolute atomic E-state index is 0. The Kier molecular flexibility index (Phi) is 8.94. The summed E-state index contributed by atoms with van der Waals surface area (Å²) in [4.78, 5) is 9.61. The summed E-state index contributed by atoms with van der Waals surface area (Å²) in [6.45, 7) is 6.05. The number of hydrogen-bond acceptors (Lipinski definition) is 4. The van der Waals surface area contributed by atoms with E-state index in [1.165, 1.54) is 22.6 Å². The Morgan fingerprint density at radius 2 is 2.00 bits per heavy atom. The number of guanidine groups is 1. The molecule has 2 aromatic heterocycles. The van der Waals surface area contributed by atoms with Crippen molar-refractivity contribution in [2.45, 2.75) is 38.8 Å². The Labute approximate surface area is 177 Å². The van der Waals surface area contributed by atoms with Gasteiger partial charge in [0.2, 0.25) is 0 Å². The maximum absolute atomic E-state index is 5.68. The van der Waals surface area contributed by atoms with Crippen molar-refractivity contribution in [3.05, 3.63) is 46.0 Å². The van der Waals surface area contributed by atoms with Crippen LogP contribution in [0.3, 0.4) is 0 Å². The van der Waals surface area contributed by atoms with Gasteiger partial charge in [-0.3, -0.25) is 9.89 Å². The van der Waals surface area contributed by atoms with Crippen LogP contribution < -0.4 is 10.6 Å². The first-order chi connectivity index (χ1) is 12.3. The zero-order chi connectivity index (χ0) is 17.5. The highest BCUT2D eigenvalue weighted by molar-refractivity contribution is 14.0. The Hall–Kier alpha value is -1.06. The van der Waals surface area contributed by atoms with Gasteiger partial charge in [0.05, 0.1) is 18.8 Å². The van der Waals surface area contributed by atoms with E-state index in [1.807, 2.05) is 24.5 Å². The minimum Gasteiger partial charge on any atom is -0.468 e. The fraction of sp³-hybridized carbons (Fsp3) is 0.526. The standard InChI is InChI=1S/C19H28N4OS.HI/c1-3-15-8-9-16(25-15)13-21-19(20-2)22-14-17(18-7-6-12-24-18)23-10-4-5-11-23;/h6-9,12,17H,3-5,10-11,13-14H2,1-2H3,(H2,20,21,22);1H. The second-order valence-electron chi connectivity index (χ2n) is 6.30. The first-order valence-corrected chi connectivity index (χ1v) is 9.91. The number of halogens is 1. The van der Waals surface area contributed by atoms with Crippen molar-refractivity contribution < 1.29 is 4.42 Å². The van der Waals surface area contributed by atoms with E-state index in [0.717, 1.165) is 44.3 Å². The second kappa shape index (κ2) is 10.9. The third-order valence-electron chi connectivity index (χ3n) is 4.64. The van der Waals surface area contributed by atoms with E-state index < -0.39 is 0 Å². The third kappa shape index (κ3) is 5.72. The third-order valence-corrected chi connectivity index (χ3v) is 5.86. The fourth-order valence-electron chi connectivity index (χ4n) is 3.24. The highest BCUT2D eigenvalue weighted by Crippen LogP contribution is 2.24. The van der Waals surface area contributed by atoms with Crippen LogP contribution >= 0.6 is 35.3 Å². The molecule has 0 spiro atoms. The van der Waals surface area contributed by atoms with Gasteiger partial charge < -0.3 is 15.1 Å². The van der Waals surface area contributed by atoms with E-state index >= 15 is 0 Å². The Morgan fingerprint density at radius 3 is 2.62 bits per heavy atom. The average Bonchev–Trinajstić information content (AvgIpc) is 3.40. The molecule has 1 atom stereocenters. The SMILES string of the molecule is CCc1ccc(CNC(=NC)NCC(c2ccco2)N2CCCC2)s1.I. The molecule has 2 N–H and O–H groups in total. The van der Waals surface area contributed by atoms with Gasteiger partial charge in [-0.15, -0.1) is 35.3 Å². The Bertz CT molecular complexity index is 665. The summed E-state index contributed by atoms with van der Waals surface area (Å²) in [6, 6.07) is 8.69. The summed E-state index contributed by atoms with van der Waals surface area (Å²) < 4.78 is 5.68. The number of thiophene rings is 1. The number of hydrogen-bond donors (Lipinski definition) is 2. The molecule has 3 heterocycles. The van der Waals surface area contributed by atoms with Crippen LogP contribution in [-0.4, -0.2) is 37.5 Å². The van der Waals surface area contributed by atoms with Crippen molar-refractivity contribution in [1.29, 1.82) is 0 Å². The van der Waals surface area contributed by atoms with Crippen LogP contribution in [-0.2, 0) is 13.0 Å². The number of nitrogens with zero attached hydrogens (tertiary/aromatic N) is 2. The van der Waals surface area contributed by atoms with Crippen LogP contribution in [0.15, 0.2) is 39.9 Å². The van der Waals surface area contributed by atoms with Crippen molar-refractivity contribution in [3.8, 4) is 0 Å². The van der Waals surface area contributed by atoms with E-state index in [2.05, 4.69) is 45.6 Å². The molecular formula is C19H29IN4OS. The summed E-state index contributed by atoms with van der Waals surface area (Å²) in [5.41, 5.74) is 0. The number of furan rings is 1. The zero-order valence-electron chi connectivity index (χ0n) is 15.5. The summed E-state index contributed by atoms with van der Waals surface area (Å²) in [5, 5.41) is 6.88. The lowest BCUT2D eigenvalue weighted by Crippen LogP contribution is -2.42. The van der Waals surface area contributed by atoms with Crippen LogP contribution in [0, 0.1) is 0 Å². The molecule has 0 aliphatic carbocycles. The molecule has 144 valence electrons. The van der Waals surface area contributed by atoms with Gasteiger partial charge in [-0.25, -0.2) is 0 Å². The fourth-order valence-corrected chi connectivity index (χ4v) is 4.13. The molecule has 1 saturated heterocycles. The van der Waals surface area contributed by atoms with Crippen LogP contribution in [0.2, 0.25) is 0 Å². The van der Waals surface area contributed by atoms with Crippen molar-refractivity contribution in [3.63, 3.8) is 0 Å². The van der Waals surface area contributed by atoms with Crippen LogP contribution in [0.25, 0.3) is 0 Å². The number of aliphatic imine (C=N–C) groups is 1. The van der Waals surface area contributed by atoms with Crippen LogP contribution in [0.5, 0.6) is 0 Å². The number of rotatable bonds is 7. The Morgan fingerprint density at radius 1 is 1.23 bits per heavy atom. The van der Waals surface area contributed by atoms with E-state index in [0.29, 0.717) is 0 Å². The van der Waals surface area contributed by atoms with E-state index in [4.69, 9.17) is 4.42 Å². The smallest absolute Gasteiger partial charge is 0.191 e. The van der Waals surface area contributed by atoms with Gasteiger partial charge in [-0.1, -0.05) is 6.92 Å². The van der Waals surface area contributed by atoms with Crippen molar-refractivity contribution in [2.24, 2.45) is 4.99 Å². The van der Waals surface area contributed by atoms with Crippen LogP contribution in [0.1, 0.15) is 41.3 Å². The van der Waals surface area contributed by atoms with Gasteiger partial charge in [0.25, 0.3) is 0 Å². The maximum atomic E-state index is 5.68. The lowest BCUT2D eigenvalue weighted by molar-refractivity contribution is 0.215. The molecule has 26 heavy (non-hydrogen) atoms. The zero-order valence-corrected chi connectivity index (χ0v) is 18.7. The molecule has 5 nitrogen and oxygen atoms in total.